The molecular formula is C13H19NO3. The molecular weight excluding hydrogens is 218 g/mol. The first-order valence-corrected chi connectivity index (χ1v) is 5.85. The lowest BCUT2D eigenvalue weighted by molar-refractivity contribution is 0.351. The molecule has 1 aliphatic rings. The van der Waals surface area contributed by atoms with E-state index in [9.17, 15) is 5.11 Å². The zero-order valence-corrected chi connectivity index (χ0v) is 10.3. The summed E-state index contributed by atoms with van der Waals surface area (Å²) in [5.41, 5.74) is 6.98. The first-order chi connectivity index (χ1) is 8.10. The molecule has 1 fully saturated rings. The SMILES string of the molecule is COc1cc(C2(N)CCCC2)c(OC)cc1O. The van der Waals surface area contributed by atoms with Crippen molar-refractivity contribution in [2.75, 3.05) is 14.2 Å². The number of methoxy groups -OCH3 is 2. The van der Waals surface area contributed by atoms with Gasteiger partial charge < -0.3 is 20.3 Å². The molecule has 0 bridgehead atoms. The van der Waals surface area contributed by atoms with Gasteiger partial charge in [-0.15, -0.1) is 0 Å². The second kappa shape index (κ2) is 4.45. The van der Waals surface area contributed by atoms with E-state index < -0.39 is 0 Å². The van der Waals surface area contributed by atoms with Crippen LogP contribution in [0.1, 0.15) is 31.2 Å². The van der Waals surface area contributed by atoms with Gasteiger partial charge >= 0.3 is 0 Å². The van der Waals surface area contributed by atoms with E-state index in [0.717, 1.165) is 31.2 Å². The second-order valence-corrected chi connectivity index (χ2v) is 4.59. The highest BCUT2D eigenvalue weighted by molar-refractivity contribution is 5.52. The molecule has 0 saturated heterocycles. The number of aromatic hydroxyl groups is 1. The number of phenolic OH excluding ortho intramolecular Hbond substituents is 1. The third kappa shape index (κ3) is 2.05. The summed E-state index contributed by atoms with van der Waals surface area (Å²) in [6, 6.07) is 3.36. The van der Waals surface area contributed by atoms with Gasteiger partial charge in [0.15, 0.2) is 11.5 Å². The van der Waals surface area contributed by atoms with Gasteiger partial charge in [0, 0.05) is 17.2 Å². The van der Waals surface area contributed by atoms with E-state index >= 15 is 0 Å². The normalized spacial score (nSPS) is 18.1. The smallest absolute Gasteiger partial charge is 0.161 e. The molecule has 1 aromatic rings. The van der Waals surface area contributed by atoms with Gasteiger partial charge in [0.25, 0.3) is 0 Å². The molecule has 4 nitrogen and oxygen atoms in total. The highest BCUT2D eigenvalue weighted by Gasteiger charge is 2.34. The number of rotatable bonds is 3. The molecule has 3 N–H and O–H groups in total. The fraction of sp³-hybridized carbons (Fsp3) is 0.538. The van der Waals surface area contributed by atoms with Gasteiger partial charge in [-0.25, -0.2) is 0 Å². The molecule has 0 aromatic heterocycles. The van der Waals surface area contributed by atoms with Crippen molar-refractivity contribution in [3.63, 3.8) is 0 Å². The minimum atomic E-state index is -0.355. The molecule has 1 saturated carbocycles. The lowest BCUT2D eigenvalue weighted by Crippen LogP contribution is -2.33. The monoisotopic (exact) mass is 237 g/mol. The van der Waals surface area contributed by atoms with Crippen molar-refractivity contribution in [1.29, 1.82) is 0 Å². The first kappa shape index (κ1) is 12.0. The molecule has 1 aliphatic carbocycles. The average Bonchev–Trinajstić information content (AvgIpc) is 2.76. The molecule has 94 valence electrons. The molecule has 2 rings (SSSR count). The summed E-state index contributed by atoms with van der Waals surface area (Å²) in [7, 11) is 3.12. The van der Waals surface area contributed by atoms with Gasteiger partial charge in [-0.05, 0) is 18.9 Å². The maximum absolute atomic E-state index is 9.73. The Balaban J connectivity index is 2.50. The van der Waals surface area contributed by atoms with Crippen molar-refractivity contribution < 1.29 is 14.6 Å². The van der Waals surface area contributed by atoms with E-state index in [-0.39, 0.29) is 11.3 Å². The van der Waals surface area contributed by atoms with Crippen LogP contribution in [0.15, 0.2) is 12.1 Å². The van der Waals surface area contributed by atoms with Gasteiger partial charge in [0.05, 0.1) is 14.2 Å². The summed E-state index contributed by atoms with van der Waals surface area (Å²) in [6.45, 7) is 0. The molecule has 0 amide bonds. The van der Waals surface area contributed by atoms with E-state index in [1.54, 1.807) is 19.2 Å². The highest BCUT2D eigenvalue weighted by Crippen LogP contribution is 2.44. The van der Waals surface area contributed by atoms with Crippen molar-refractivity contribution in [2.24, 2.45) is 5.73 Å². The number of ether oxygens (including phenoxy) is 2. The summed E-state index contributed by atoms with van der Waals surface area (Å²) in [4.78, 5) is 0. The summed E-state index contributed by atoms with van der Waals surface area (Å²) in [6.07, 6.45) is 4.14. The number of benzene rings is 1. The van der Waals surface area contributed by atoms with Crippen LogP contribution in [0.3, 0.4) is 0 Å². The number of nitrogens with two attached hydrogens (primary N) is 1. The van der Waals surface area contributed by atoms with E-state index in [1.807, 2.05) is 0 Å². The van der Waals surface area contributed by atoms with Crippen LogP contribution >= 0.6 is 0 Å². The number of hydrogen-bond acceptors (Lipinski definition) is 4. The number of hydrogen-bond donors (Lipinski definition) is 2. The fourth-order valence-corrected chi connectivity index (χ4v) is 2.55. The van der Waals surface area contributed by atoms with E-state index in [4.69, 9.17) is 15.2 Å². The first-order valence-electron chi connectivity index (χ1n) is 5.85. The minimum absolute atomic E-state index is 0.0784. The second-order valence-electron chi connectivity index (χ2n) is 4.59. The van der Waals surface area contributed by atoms with E-state index in [1.165, 1.54) is 7.11 Å². The van der Waals surface area contributed by atoms with Crippen LogP contribution < -0.4 is 15.2 Å². The Morgan fingerprint density at radius 3 is 2.24 bits per heavy atom. The predicted molar refractivity (Wildman–Crippen MR) is 65.5 cm³/mol. The molecule has 17 heavy (non-hydrogen) atoms. The van der Waals surface area contributed by atoms with E-state index in [0.29, 0.717) is 11.5 Å². The van der Waals surface area contributed by atoms with Gasteiger partial charge in [0.2, 0.25) is 0 Å². The topological polar surface area (TPSA) is 64.7 Å². The van der Waals surface area contributed by atoms with Crippen LogP contribution in [0.25, 0.3) is 0 Å². The Kier molecular flexibility index (Phi) is 3.15. The van der Waals surface area contributed by atoms with Crippen LogP contribution in [0.4, 0.5) is 0 Å². The Hall–Kier alpha value is -1.42. The average molecular weight is 237 g/mol. The Morgan fingerprint density at radius 2 is 1.71 bits per heavy atom. The fourth-order valence-electron chi connectivity index (χ4n) is 2.55. The molecule has 1 aromatic carbocycles. The maximum atomic E-state index is 9.73. The summed E-state index contributed by atoms with van der Waals surface area (Å²) in [5.74, 6) is 1.15. The van der Waals surface area contributed by atoms with Crippen LogP contribution in [0.5, 0.6) is 17.2 Å². The summed E-state index contributed by atoms with van der Waals surface area (Å²) in [5, 5.41) is 9.73. The quantitative estimate of drug-likeness (QED) is 0.845. The Bertz CT molecular complexity index is 411. The van der Waals surface area contributed by atoms with Crippen LogP contribution in [-0.2, 0) is 5.54 Å². The van der Waals surface area contributed by atoms with Gasteiger partial charge in [0.1, 0.15) is 5.75 Å². The lowest BCUT2D eigenvalue weighted by atomic mass is 9.88. The largest absolute Gasteiger partial charge is 0.504 e. The van der Waals surface area contributed by atoms with Crippen molar-refractivity contribution in [3.8, 4) is 17.2 Å². The van der Waals surface area contributed by atoms with Gasteiger partial charge in [-0.2, -0.15) is 0 Å². The lowest BCUT2D eigenvalue weighted by Gasteiger charge is -2.27. The maximum Gasteiger partial charge on any atom is 0.161 e. The van der Waals surface area contributed by atoms with Crippen LogP contribution in [0, 0.1) is 0 Å². The summed E-state index contributed by atoms with van der Waals surface area (Å²) >= 11 is 0. The van der Waals surface area contributed by atoms with E-state index in [2.05, 4.69) is 0 Å². The van der Waals surface area contributed by atoms with Crippen molar-refractivity contribution in [2.45, 2.75) is 31.2 Å². The standard InChI is InChI=1S/C13H19NO3/c1-16-11-8-10(15)12(17-2)7-9(11)13(14)5-3-4-6-13/h7-8,15H,3-6,14H2,1-2H3. The van der Waals surface area contributed by atoms with Gasteiger partial charge in [-0.3, -0.25) is 0 Å². The Labute approximate surface area is 101 Å². The molecule has 0 aliphatic heterocycles. The van der Waals surface area contributed by atoms with Crippen molar-refractivity contribution in [1.82, 2.24) is 0 Å². The van der Waals surface area contributed by atoms with Crippen LogP contribution in [-0.4, -0.2) is 19.3 Å². The van der Waals surface area contributed by atoms with Crippen molar-refractivity contribution >= 4 is 0 Å². The third-order valence-corrected chi connectivity index (χ3v) is 3.53. The molecule has 0 unspecified atom stereocenters. The molecule has 4 heteroatoms. The van der Waals surface area contributed by atoms with Crippen molar-refractivity contribution in [3.05, 3.63) is 17.7 Å². The molecule has 0 spiro atoms. The van der Waals surface area contributed by atoms with Crippen LogP contribution in [0.2, 0.25) is 0 Å². The molecule has 0 atom stereocenters. The highest BCUT2D eigenvalue weighted by atomic mass is 16.5. The van der Waals surface area contributed by atoms with Gasteiger partial charge in [-0.1, -0.05) is 12.8 Å². The zero-order chi connectivity index (χ0) is 12.5. The predicted octanol–water partition coefficient (Wildman–Crippen LogP) is 2.14. The zero-order valence-electron chi connectivity index (χ0n) is 10.3. The number of phenols is 1. The Morgan fingerprint density at radius 1 is 1.12 bits per heavy atom. The summed E-state index contributed by atoms with van der Waals surface area (Å²) < 4.78 is 10.4. The molecule has 0 heterocycles. The third-order valence-electron chi connectivity index (χ3n) is 3.53. The minimum Gasteiger partial charge on any atom is -0.504 e. The molecule has 0 radical (unpaired) electrons.